The monoisotopic (exact) mass is 283 g/mol. The van der Waals surface area contributed by atoms with E-state index in [-0.39, 0.29) is 0 Å². The van der Waals surface area contributed by atoms with Crippen LogP contribution in [0.15, 0.2) is 36.8 Å². The summed E-state index contributed by atoms with van der Waals surface area (Å²) < 4.78 is 1.89. The Labute approximate surface area is 122 Å². The molecule has 0 unspecified atom stereocenters. The predicted molar refractivity (Wildman–Crippen MR) is 81.9 cm³/mol. The van der Waals surface area contributed by atoms with Crippen molar-refractivity contribution in [1.29, 1.82) is 0 Å². The summed E-state index contributed by atoms with van der Waals surface area (Å²) in [4.78, 5) is 15.3. The predicted octanol–water partition coefficient (Wildman–Crippen LogP) is 1.35. The molecule has 0 fully saturated rings. The van der Waals surface area contributed by atoms with Gasteiger partial charge in [0, 0.05) is 25.1 Å². The number of anilines is 2. The number of fused-ring (bicyclic) bond motifs is 1. The highest BCUT2D eigenvalue weighted by Gasteiger charge is 2.12. The third-order valence-corrected chi connectivity index (χ3v) is 3.21. The molecule has 0 bridgehead atoms. The van der Waals surface area contributed by atoms with Crippen LogP contribution in [-0.2, 0) is 6.54 Å². The van der Waals surface area contributed by atoms with Gasteiger partial charge in [-0.15, -0.1) is 0 Å². The van der Waals surface area contributed by atoms with Gasteiger partial charge in [-0.2, -0.15) is 0 Å². The summed E-state index contributed by atoms with van der Waals surface area (Å²) in [6.45, 7) is 2.62. The molecule has 7 heteroatoms. The van der Waals surface area contributed by atoms with Crippen LogP contribution >= 0.6 is 0 Å². The Morgan fingerprint density at radius 2 is 2.19 bits per heavy atom. The van der Waals surface area contributed by atoms with Crippen LogP contribution in [0, 0.1) is 6.92 Å². The Morgan fingerprint density at radius 3 is 2.95 bits per heavy atom. The summed E-state index contributed by atoms with van der Waals surface area (Å²) in [7, 11) is 1.96. The summed E-state index contributed by atoms with van der Waals surface area (Å²) in [6, 6.07) is 5.98. The lowest BCUT2D eigenvalue weighted by Crippen LogP contribution is -2.21. The molecule has 3 heterocycles. The number of nitrogen functional groups attached to an aromatic ring is 1. The summed E-state index contributed by atoms with van der Waals surface area (Å²) in [5.41, 5.74) is 5.34. The van der Waals surface area contributed by atoms with Crippen molar-refractivity contribution >= 4 is 17.3 Å². The van der Waals surface area contributed by atoms with Gasteiger partial charge < -0.3 is 14.7 Å². The van der Waals surface area contributed by atoms with E-state index in [4.69, 9.17) is 5.84 Å². The molecule has 3 aromatic heterocycles. The van der Waals surface area contributed by atoms with Crippen molar-refractivity contribution < 1.29 is 0 Å². The van der Waals surface area contributed by atoms with Crippen LogP contribution in [0.5, 0.6) is 0 Å². The Morgan fingerprint density at radius 1 is 1.33 bits per heavy atom. The summed E-state index contributed by atoms with van der Waals surface area (Å²) in [5, 5.41) is 0. The number of pyridine rings is 1. The normalized spacial score (nSPS) is 10.8. The van der Waals surface area contributed by atoms with Crippen LogP contribution in [0.25, 0.3) is 5.65 Å². The van der Waals surface area contributed by atoms with E-state index in [1.165, 1.54) is 0 Å². The number of aryl methyl sites for hydroxylation is 1. The fourth-order valence-electron chi connectivity index (χ4n) is 2.25. The molecule has 0 aliphatic rings. The van der Waals surface area contributed by atoms with Crippen molar-refractivity contribution in [3.8, 4) is 0 Å². The first-order chi connectivity index (χ1) is 10.2. The molecular weight excluding hydrogens is 266 g/mol. The molecule has 3 N–H and O–H groups in total. The topological polar surface area (TPSA) is 84.4 Å². The van der Waals surface area contributed by atoms with Crippen LogP contribution in [0.4, 0.5) is 11.6 Å². The molecule has 0 spiro atoms. The number of nitrogens with two attached hydrogens (primary N) is 1. The van der Waals surface area contributed by atoms with E-state index in [0.717, 1.165) is 22.9 Å². The number of aromatic nitrogens is 4. The van der Waals surface area contributed by atoms with Gasteiger partial charge in [0.25, 0.3) is 0 Å². The second-order valence-corrected chi connectivity index (χ2v) is 4.88. The average Bonchev–Trinajstić information content (AvgIpc) is 2.94. The number of hydrogen-bond acceptors (Lipinski definition) is 6. The van der Waals surface area contributed by atoms with Gasteiger partial charge in [-0.05, 0) is 19.1 Å². The number of hydrogen-bond donors (Lipinski definition) is 2. The number of hydrazine groups is 1. The fourth-order valence-corrected chi connectivity index (χ4v) is 2.25. The van der Waals surface area contributed by atoms with Crippen LogP contribution in [0.2, 0.25) is 0 Å². The SMILES string of the molecule is Cc1cccc(CN(C)c2nc(NN)cn3ccnc23)n1. The van der Waals surface area contributed by atoms with E-state index in [9.17, 15) is 0 Å². The molecule has 21 heavy (non-hydrogen) atoms. The van der Waals surface area contributed by atoms with Gasteiger partial charge >= 0.3 is 0 Å². The molecule has 0 atom stereocenters. The molecule has 0 aliphatic heterocycles. The molecule has 0 radical (unpaired) electrons. The molecule has 7 nitrogen and oxygen atoms in total. The first kappa shape index (κ1) is 13.3. The van der Waals surface area contributed by atoms with Crippen LogP contribution < -0.4 is 16.2 Å². The molecule has 3 rings (SSSR count). The van der Waals surface area contributed by atoms with Crippen LogP contribution in [0.1, 0.15) is 11.4 Å². The third kappa shape index (κ3) is 2.63. The second-order valence-electron chi connectivity index (χ2n) is 4.88. The minimum atomic E-state index is 0.583. The number of imidazole rings is 1. The van der Waals surface area contributed by atoms with Gasteiger partial charge in [-0.1, -0.05) is 6.07 Å². The molecule has 0 amide bonds. The molecule has 0 aliphatic carbocycles. The zero-order chi connectivity index (χ0) is 14.8. The van der Waals surface area contributed by atoms with Crippen molar-refractivity contribution in [3.05, 3.63) is 48.2 Å². The highest BCUT2D eigenvalue weighted by molar-refractivity contribution is 5.66. The first-order valence-corrected chi connectivity index (χ1v) is 6.61. The van der Waals surface area contributed by atoms with E-state index in [1.807, 2.05) is 47.7 Å². The smallest absolute Gasteiger partial charge is 0.180 e. The molecular formula is C14H17N7. The quantitative estimate of drug-likeness (QED) is 0.555. The largest absolute Gasteiger partial charge is 0.351 e. The van der Waals surface area contributed by atoms with Crippen molar-refractivity contribution in [2.45, 2.75) is 13.5 Å². The standard InChI is InChI=1S/C14H17N7/c1-10-4-3-5-11(17-10)8-20(2)14-13-16-6-7-21(13)9-12(18-14)19-15/h3-7,9,19H,8,15H2,1-2H3. The second kappa shape index (κ2) is 5.37. The molecule has 3 aromatic rings. The van der Waals surface area contributed by atoms with Gasteiger partial charge in [0.1, 0.15) is 0 Å². The number of rotatable bonds is 4. The highest BCUT2D eigenvalue weighted by Crippen LogP contribution is 2.20. The lowest BCUT2D eigenvalue weighted by atomic mass is 10.3. The van der Waals surface area contributed by atoms with E-state index >= 15 is 0 Å². The van der Waals surface area contributed by atoms with Crippen molar-refractivity contribution in [2.24, 2.45) is 5.84 Å². The zero-order valence-electron chi connectivity index (χ0n) is 12.0. The minimum Gasteiger partial charge on any atom is -0.351 e. The van der Waals surface area contributed by atoms with Gasteiger partial charge in [0.2, 0.25) is 0 Å². The third-order valence-electron chi connectivity index (χ3n) is 3.21. The van der Waals surface area contributed by atoms with Gasteiger partial charge in [0.05, 0.1) is 18.4 Å². The Kier molecular flexibility index (Phi) is 3.41. The Hall–Kier alpha value is -2.67. The van der Waals surface area contributed by atoms with E-state index in [0.29, 0.717) is 12.4 Å². The van der Waals surface area contributed by atoms with Crippen molar-refractivity contribution in [3.63, 3.8) is 0 Å². The first-order valence-electron chi connectivity index (χ1n) is 6.61. The van der Waals surface area contributed by atoms with Gasteiger partial charge in [0.15, 0.2) is 17.3 Å². The van der Waals surface area contributed by atoms with Crippen molar-refractivity contribution in [1.82, 2.24) is 19.4 Å². The van der Waals surface area contributed by atoms with E-state index < -0.39 is 0 Å². The Bertz CT molecular complexity index is 765. The van der Waals surface area contributed by atoms with E-state index in [2.05, 4.69) is 20.4 Å². The van der Waals surface area contributed by atoms with Gasteiger partial charge in [-0.25, -0.2) is 15.8 Å². The summed E-state index contributed by atoms with van der Waals surface area (Å²) in [5.74, 6) is 6.81. The maximum atomic E-state index is 5.47. The molecule has 0 aromatic carbocycles. The summed E-state index contributed by atoms with van der Waals surface area (Å²) >= 11 is 0. The van der Waals surface area contributed by atoms with E-state index in [1.54, 1.807) is 12.4 Å². The molecule has 0 saturated carbocycles. The molecule has 0 saturated heterocycles. The molecule has 108 valence electrons. The van der Waals surface area contributed by atoms with Crippen LogP contribution in [-0.4, -0.2) is 26.4 Å². The maximum absolute atomic E-state index is 5.47. The lowest BCUT2D eigenvalue weighted by Gasteiger charge is -2.19. The lowest BCUT2D eigenvalue weighted by molar-refractivity contribution is 0.856. The van der Waals surface area contributed by atoms with Crippen molar-refractivity contribution in [2.75, 3.05) is 17.4 Å². The Balaban J connectivity index is 1.97. The number of nitrogens with one attached hydrogen (secondary N) is 1. The van der Waals surface area contributed by atoms with Gasteiger partial charge in [-0.3, -0.25) is 4.98 Å². The van der Waals surface area contributed by atoms with Crippen LogP contribution in [0.3, 0.4) is 0 Å². The highest BCUT2D eigenvalue weighted by atomic mass is 15.3. The minimum absolute atomic E-state index is 0.583. The zero-order valence-corrected chi connectivity index (χ0v) is 12.0. The summed E-state index contributed by atoms with van der Waals surface area (Å²) in [6.07, 6.45) is 5.39. The number of nitrogens with zero attached hydrogens (tertiary/aromatic N) is 5. The maximum Gasteiger partial charge on any atom is 0.180 e. The fraction of sp³-hybridized carbons (Fsp3) is 0.214. The average molecular weight is 283 g/mol.